The number of hydrogen-bond donors (Lipinski definition) is 0. The second kappa shape index (κ2) is 10.0. The Balaban J connectivity index is 2.01. The fourth-order valence-corrected chi connectivity index (χ4v) is 6.64. The summed E-state index contributed by atoms with van der Waals surface area (Å²) in [4.78, 5) is 20.6. The highest BCUT2D eigenvalue weighted by atomic mass is 28.3. The summed E-state index contributed by atoms with van der Waals surface area (Å²) in [7, 11) is -1.96. The van der Waals surface area contributed by atoms with Crippen LogP contribution in [0, 0.1) is 0 Å². The van der Waals surface area contributed by atoms with Crippen molar-refractivity contribution in [3.63, 3.8) is 0 Å². The fraction of sp³-hybridized carbons (Fsp3) is 0.500. The Morgan fingerprint density at radius 2 is 1.50 bits per heavy atom. The molecule has 0 radical (unpaired) electrons. The highest BCUT2D eigenvalue weighted by molar-refractivity contribution is 6.77. The Bertz CT molecular complexity index is 940. The molecule has 6 heteroatoms. The van der Waals surface area contributed by atoms with E-state index in [1.165, 1.54) is 0 Å². The van der Waals surface area contributed by atoms with Crippen molar-refractivity contribution in [3.05, 3.63) is 71.8 Å². The molecule has 1 saturated heterocycles. The van der Waals surface area contributed by atoms with Gasteiger partial charge in [0.2, 0.25) is 0 Å². The van der Waals surface area contributed by atoms with E-state index >= 15 is 0 Å². The van der Waals surface area contributed by atoms with Crippen molar-refractivity contribution >= 4 is 19.9 Å². The van der Waals surface area contributed by atoms with Crippen molar-refractivity contribution in [2.24, 2.45) is 4.99 Å². The minimum Gasteiger partial charge on any atom is -0.448 e. The molecule has 2 aromatic rings. The number of carbonyl (C=O) groups excluding carboxylic acids is 1. The number of hydrogen-bond acceptors (Lipinski definition) is 4. The van der Waals surface area contributed by atoms with Crippen molar-refractivity contribution in [2.75, 3.05) is 6.61 Å². The topological polar surface area (TPSA) is 51.1 Å². The van der Waals surface area contributed by atoms with E-state index in [9.17, 15) is 4.79 Å². The summed E-state index contributed by atoms with van der Waals surface area (Å²) >= 11 is 0. The number of carbonyl (C=O) groups is 1. The summed E-state index contributed by atoms with van der Waals surface area (Å²) in [5.74, 6) is 0. The van der Waals surface area contributed by atoms with Gasteiger partial charge < -0.3 is 9.47 Å². The van der Waals surface area contributed by atoms with Crippen molar-refractivity contribution < 1.29 is 14.3 Å². The van der Waals surface area contributed by atoms with Gasteiger partial charge in [-0.05, 0) is 34.1 Å². The van der Waals surface area contributed by atoms with Crippen LogP contribution in [0.15, 0.2) is 65.7 Å². The standard InChI is InChI=1S/C28H40N2O3Si/c1-9-23(29-24(21-16-12-10-13-17-21)22-18-14-11-15-19-22)25(34(6,7)8)33-26(31)30-27(2,3)20-32-28(30,4)5/h10-19,23,25H,9,20H2,1-8H3/t23-,25-/m1/s1. The summed E-state index contributed by atoms with van der Waals surface area (Å²) in [6, 6.07) is 20.3. The Kier molecular flexibility index (Phi) is 7.73. The Morgan fingerprint density at radius 1 is 1.00 bits per heavy atom. The highest BCUT2D eigenvalue weighted by Gasteiger charge is 2.51. The molecule has 1 fully saturated rings. The lowest BCUT2D eigenvalue weighted by Gasteiger charge is -2.40. The smallest absolute Gasteiger partial charge is 0.412 e. The van der Waals surface area contributed by atoms with Gasteiger partial charge in [0.05, 0.1) is 32.0 Å². The van der Waals surface area contributed by atoms with Crippen molar-refractivity contribution in [2.45, 2.75) is 83.7 Å². The second-order valence-electron chi connectivity index (χ2n) is 11.2. The first kappa shape index (κ1) is 26.2. The average Bonchev–Trinajstić information content (AvgIpc) is 3.01. The van der Waals surface area contributed by atoms with Crippen LogP contribution in [0.4, 0.5) is 4.79 Å². The number of rotatable bonds is 7. The zero-order valence-corrected chi connectivity index (χ0v) is 23.0. The average molecular weight is 481 g/mol. The minimum absolute atomic E-state index is 0.152. The van der Waals surface area contributed by atoms with Gasteiger partial charge in [0.15, 0.2) is 0 Å². The molecule has 5 nitrogen and oxygen atoms in total. The third-order valence-electron chi connectivity index (χ3n) is 6.34. The van der Waals surface area contributed by atoms with Crippen LogP contribution in [0.25, 0.3) is 0 Å². The molecule has 0 saturated carbocycles. The molecule has 34 heavy (non-hydrogen) atoms. The van der Waals surface area contributed by atoms with Gasteiger partial charge in [-0.1, -0.05) is 87.2 Å². The molecule has 0 aliphatic carbocycles. The lowest BCUT2D eigenvalue weighted by atomic mass is 10.0. The minimum atomic E-state index is -1.96. The van der Waals surface area contributed by atoms with E-state index in [0.717, 1.165) is 23.3 Å². The van der Waals surface area contributed by atoms with Crippen molar-refractivity contribution in [3.8, 4) is 0 Å². The predicted octanol–water partition coefficient (Wildman–Crippen LogP) is 6.53. The van der Waals surface area contributed by atoms with Crippen LogP contribution in [0.2, 0.25) is 19.6 Å². The summed E-state index contributed by atoms with van der Waals surface area (Å²) in [6.45, 7) is 17.2. The maximum absolute atomic E-state index is 13.6. The van der Waals surface area contributed by atoms with Crippen molar-refractivity contribution in [1.29, 1.82) is 0 Å². The zero-order valence-electron chi connectivity index (χ0n) is 22.0. The molecule has 1 amide bonds. The Labute approximate surface area is 206 Å². The van der Waals surface area contributed by atoms with Crippen LogP contribution in [0.3, 0.4) is 0 Å². The summed E-state index contributed by atoms with van der Waals surface area (Å²) in [5.41, 5.74) is 1.62. The van der Waals surface area contributed by atoms with Gasteiger partial charge in [-0.3, -0.25) is 9.89 Å². The van der Waals surface area contributed by atoms with Crippen LogP contribution in [-0.2, 0) is 9.47 Å². The van der Waals surface area contributed by atoms with Crippen LogP contribution in [0.1, 0.15) is 52.2 Å². The Hall–Kier alpha value is -2.44. The normalized spacial score (nSPS) is 18.8. The molecule has 2 atom stereocenters. The summed E-state index contributed by atoms with van der Waals surface area (Å²) < 4.78 is 12.3. The largest absolute Gasteiger partial charge is 0.448 e. The maximum atomic E-state index is 13.6. The Morgan fingerprint density at radius 3 is 1.88 bits per heavy atom. The van der Waals surface area contributed by atoms with Gasteiger partial charge in [-0.15, -0.1) is 0 Å². The van der Waals surface area contributed by atoms with E-state index in [-0.39, 0.29) is 17.9 Å². The quantitative estimate of drug-likeness (QED) is 0.334. The van der Waals surface area contributed by atoms with E-state index < -0.39 is 19.3 Å². The molecule has 1 heterocycles. The number of aliphatic imine (C=N–C) groups is 1. The number of amides is 1. The van der Waals surface area contributed by atoms with Gasteiger partial charge in [0, 0.05) is 11.1 Å². The monoisotopic (exact) mass is 480 g/mol. The van der Waals surface area contributed by atoms with E-state index in [1.54, 1.807) is 4.90 Å². The summed E-state index contributed by atoms with van der Waals surface area (Å²) in [5, 5.41) is 0. The van der Waals surface area contributed by atoms with Gasteiger partial charge in [-0.2, -0.15) is 0 Å². The van der Waals surface area contributed by atoms with E-state index in [4.69, 9.17) is 14.5 Å². The first-order valence-corrected chi connectivity index (χ1v) is 15.8. The molecule has 2 aromatic carbocycles. The molecule has 3 rings (SSSR count). The second-order valence-corrected chi connectivity index (χ2v) is 16.5. The third kappa shape index (κ3) is 5.78. The van der Waals surface area contributed by atoms with E-state index in [2.05, 4.69) is 50.8 Å². The van der Waals surface area contributed by atoms with Crippen LogP contribution in [-0.4, -0.2) is 54.4 Å². The van der Waals surface area contributed by atoms with E-state index in [1.807, 2.05) is 64.1 Å². The molecule has 1 aliphatic heterocycles. The van der Waals surface area contributed by atoms with Crippen LogP contribution >= 0.6 is 0 Å². The molecule has 184 valence electrons. The number of benzene rings is 2. The maximum Gasteiger partial charge on any atom is 0.412 e. The summed E-state index contributed by atoms with van der Waals surface area (Å²) in [6.07, 6.45) is 0.448. The molecule has 0 aromatic heterocycles. The van der Waals surface area contributed by atoms with Gasteiger partial charge in [0.25, 0.3) is 0 Å². The van der Waals surface area contributed by atoms with Gasteiger partial charge in [-0.25, -0.2) is 4.79 Å². The fourth-order valence-electron chi connectivity index (χ4n) is 4.72. The molecule has 0 N–H and O–H groups in total. The highest BCUT2D eigenvalue weighted by Crippen LogP contribution is 2.36. The molecule has 1 aliphatic rings. The number of nitrogens with zero attached hydrogens (tertiary/aromatic N) is 2. The lowest BCUT2D eigenvalue weighted by molar-refractivity contribution is -0.0553. The molecular formula is C28H40N2O3Si. The molecular weight excluding hydrogens is 440 g/mol. The number of ether oxygens (including phenoxy) is 2. The van der Waals surface area contributed by atoms with Crippen molar-refractivity contribution in [1.82, 2.24) is 4.90 Å². The van der Waals surface area contributed by atoms with Gasteiger partial charge >= 0.3 is 6.09 Å². The van der Waals surface area contributed by atoms with Gasteiger partial charge in [0.1, 0.15) is 11.5 Å². The van der Waals surface area contributed by atoms with Crippen LogP contribution in [0.5, 0.6) is 0 Å². The first-order valence-electron chi connectivity index (χ1n) is 12.2. The molecule has 0 spiro atoms. The molecule has 0 bridgehead atoms. The zero-order chi connectivity index (χ0) is 25.1. The SMILES string of the molecule is CC[C@@H](N=C(c1ccccc1)c1ccccc1)[C@H](OC(=O)N1C(C)(C)COC1(C)C)[Si](C)(C)C. The van der Waals surface area contributed by atoms with E-state index in [0.29, 0.717) is 6.61 Å². The first-order chi connectivity index (χ1) is 15.9. The third-order valence-corrected chi connectivity index (χ3v) is 8.55. The predicted molar refractivity (Wildman–Crippen MR) is 142 cm³/mol. The molecule has 0 unspecified atom stereocenters. The van der Waals surface area contributed by atoms with Crippen LogP contribution < -0.4 is 0 Å². The lowest BCUT2D eigenvalue weighted by Crippen LogP contribution is -2.57.